The summed E-state index contributed by atoms with van der Waals surface area (Å²) >= 11 is 16.0. The zero-order chi connectivity index (χ0) is 7.02. The van der Waals surface area contributed by atoms with Gasteiger partial charge in [-0.15, -0.1) is 0 Å². The van der Waals surface area contributed by atoms with Crippen LogP contribution < -0.4 is 0 Å². The van der Waals surface area contributed by atoms with E-state index in [1.807, 2.05) is 0 Å². The molecule has 9 heavy (non-hydrogen) atoms. The average Bonchev–Trinajstić information content (AvgIpc) is 1.98. The summed E-state index contributed by atoms with van der Waals surface area (Å²) in [5.74, 6) is -0.665. The molecule has 0 bridgehead atoms. The highest BCUT2D eigenvalue weighted by atomic mass is 35.5. The Morgan fingerprint density at radius 2 is 2.00 bits per heavy atom. The van der Waals surface area contributed by atoms with Gasteiger partial charge >= 0.3 is 5.97 Å². The van der Waals surface area contributed by atoms with Gasteiger partial charge in [0.2, 0.25) is 5.56 Å². The molecule has 0 saturated carbocycles. The third kappa shape index (κ3) is 1.16. The molecule has 1 aliphatic heterocycles. The van der Waals surface area contributed by atoms with Gasteiger partial charge in [0.05, 0.1) is 5.03 Å². The number of carbonyl (C=O) groups excluding carboxylic acids is 1. The van der Waals surface area contributed by atoms with Crippen molar-refractivity contribution in [3.05, 3.63) is 10.1 Å². The van der Waals surface area contributed by atoms with Gasteiger partial charge in [-0.2, -0.15) is 0 Å². The van der Waals surface area contributed by atoms with E-state index in [1.165, 1.54) is 0 Å². The van der Waals surface area contributed by atoms with Crippen molar-refractivity contribution in [2.45, 2.75) is 5.56 Å². The van der Waals surface area contributed by atoms with Crippen LogP contribution >= 0.6 is 34.8 Å². The van der Waals surface area contributed by atoms with Crippen molar-refractivity contribution in [3.8, 4) is 0 Å². The Hall–Kier alpha value is 0.0800. The summed E-state index contributed by atoms with van der Waals surface area (Å²) in [6.45, 7) is 0. The van der Waals surface area contributed by atoms with Crippen LogP contribution in [0.25, 0.3) is 0 Å². The molecule has 0 aromatic carbocycles. The van der Waals surface area contributed by atoms with E-state index in [9.17, 15) is 4.79 Å². The average molecular weight is 187 g/mol. The molecule has 1 heterocycles. The second-order valence-corrected chi connectivity index (χ2v) is 2.56. The predicted molar refractivity (Wildman–Crippen MR) is 34.5 cm³/mol. The van der Waals surface area contributed by atoms with Gasteiger partial charge in [-0.25, -0.2) is 4.79 Å². The van der Waals surface area contributed by atoms with Gasteiger partial charge in [0.1, 0.15) is 5.03 Å². The molecule has 0 aliphatic carbocycles. The lowest BCUT2D eigenvalue weighted by Crippen LogP contribution is -2.00. The van der Waals surface area contributed by atoms with Gasteiger partial charge in [0, 0.05) is 0 Å². The Kier molecular flexibility index (Phi) is 1.89. The lowest BCUT2D eigenvalue weighted by Gasteiger charge is -1.95. The Labute approximate surface area is 66.3 Å². The highest BCUT2D eigenvalue weighted by molar-refractivity contribution is 6.51. The molecule has 1 atom stereocenters. The highest BCUT2D eigenvalue weighted by Crippen LogP contribution is 2.30. The number of hydrogen-bond donors (Lipinski definition) is 0. The molecule has 0 aromatic heterocycles. The lowest BCUT2D eigenvalue weighted by molar-refractivity contribution is -0.136. The van der Waals surface area contributed by atoms with Crippen LogP contribution in [0, 0.1) is 0 Å². The van der Waals surface area contributed by atoms with Crippen LogP contribution in [0.3, 0.4) is 0 Å². The van der Waals surface area contributed by atoms with Crippen LogP contribution in [0.4, 0.5) is 0 Å². The normalized spacial score (nSPS) is 27.0. The predicted octanol–water partition coefficient (Wildman–Crippen LogP) is 1.80. The Morgan fingerprint density at radius 1 is 1.44 bits per heavy atom. The van der Waals surface area contributed by atoms with E-state index < -0.39 is 11.5 Å². The third-order valence-corrected chi connectivity index (χ3v) is 2.06. The fourth-order valence-corrected chi connectivity index (χ4v) is 0.906. The van der Waals surface area contributed by atoms with Crippen molar-refractivity contribution in [1.29, 1.82) is 0 Å². The Morgan fingerprint density at radius 3 is 2.11 bits per heavy atom. The molecule has 0 N–H and O–H groups in total. The molecular weight excluding hydrogens is 186 g/mol. The van der Waals surface area contributed by atoms with E-state index in [0.29, 0.717) is 0 Å². The minimum atomic E-state index is -0.897. The van der Waals surface area contributed by atoms with Crippen LogP contribution in [0.15, 0.2) is 10.1 Å². The Bertz CT molecular complexity index is 186. The van der Waals surface area contributed by atoms with Crippen LogP contribution in [0.5, 0.6) is 0 Å². The molecule has 50 valence electrons. The maximum absolute atomic E-state index is 10.4. The molecule has 0 aromatic rings. The smallest absolute Gasteiger partial charge is 0.352 e. The number of ether oxygens (including phenoxy) is 1. The molecule has 1 unspecified atom stereocenters. The molecule has 1 aliphatic rings. The van der Waals surface area contributed by atoms with Crippen LogP contribution in [-0.2, 0) is 9.53 Å². The number of carbonyl (C=O) groups is 1. The first-order valence-electron chi connectivity index (χ1n) is 2.03. The molecule has 2 nitrogen and oxygen atoms in total. The molecule has 0 radical (unpaired) electrons. The van der Waals surface area contributed by atoms with Gasteiger partial charge in [-0.1, -0.05) is 34.8 Å². The van der Waals surface area contributed by atoms with Crippen molar-refractivity contribution >= 4 is 40.8 Å². The zero-order valence-electron chi connectivity index (χ0n) is 4.03. The van der Waals surface area contributed by atoms with Crippen LogP contribution in [0.1, 0.15) is 0 Å². The topological polar surface area (TPSA) is 26.3 Å². The fourth-order valence-electron chi connectivity index (χ4n) is 0.395. The van der Waals surface area contributed by atoms with Gasteiger partial charge in [0.25, 0.3) is 0 Å². The molecule has 0 saturated heterocycles. The van der Waals surface area contributed by atoms with Crippen LogP contribution in [-0.4, -0.2) is 11.5 Å². The number of esters is 1. The summed E-state index contributed by atoms with van der Waals surface area (Å²) < 4.78 is 4.37. The van der Waals surface area contributed by atoms with Crippen LogP contribution in [0.2, 0.25) is 0 Å². The van der Waals surface area contributed by atoms with E-state index in [1.54, 1.807) is 0 Å². The van der Waals surface area contributed by atoms with E-state index in [-0.39, 0.29) is 10.1 Å². The van der Waals surface area contributed by atoms with E-state index >= 15 is 0 Å². The highest BCUT2D eigenvalue weighted by Gasteiger charge is 2.29. The molecule has 0 fully saturated rings. The largest absolute Gasteiger partial charge is 0.436 e. The van der Waals surface area contributed by atoms with Crippen molar-refractivity contribution in [3.63, 3.8) is 0 Å². The molecule has 5 heteroatoms. The van der Waals surface area contributed by atoms with Gasteiger partial charge in [-0.05, 0) is 0 Å². The number of cyclic esters (lactones) is 1. The standard InChI is InChI=1S/C4HCl3O2/c5-1-2(6)4(8)9-3(1)7/h3H. The fraction of sp³-hybridized carbons (Fsp3) is 0.250. The third-order valence-electron chi connectivity index (χ3n) is 0.799. The summed E-state index contributed by atoms with van der Waals surface area (Å²) in [4.78, 5) is 10.4. The first-order valence-corrected chi connectivity index (χ1v) is 3.22. The van der Waals surface area contributed by atoms with Crippen molar-refractivity contribution < 1.29 is 9.53 Å². The minimum absolute atomic E-state index is 0.0586. The van der Waals surface area contributed by atoms with Gasteiger partial charge in [-0.3, -0.25) is 0 Å². The quantitative estimate of drug-likeness (QED) is 0.427. The summed E-state index contributed by atoms with van der Waals surface area (Å²) in [7, 11) is 0. The summed E-state index contributed by atoms with van der Waals surface area (Å²) in [5, 5.41) is -0.0694. The van der Waals surface area contributed by atoms with Crippen molar-refractivity contribution in [1.82, 2.24) is 0 Å². The number of hydrogen-bond acceptors (Lipinski definition) is 2. The maximum Gasteiger partial charge on any atom is 0.352 e. The number of halogens is 3. The van der Waals surface area contributed by atoms with Crippen molar-refractivity contribution in [2.24, 2.45) is 0 Å². The summed E-state index contributed by atoms with van der Waals surface area (Å²) in [6, 6.07) is 0. The Balaban J connectivity index is 2.92. The monoisotopic (exact) mass is 186 g/mol. The first-order chi connectivity index (χ1) is 4.13. The molecular formula is C4HCl3O2. The van der Waals surface area contributed by atoms with Crippen molar-refractivity contribution in [2.75, 3.05) is 0 Å². The van der Waals surface area contributed by atoms with Gasteiger partial charge in [0.15, 0.2) is 0 Å². The number of rotatable bonds is 0. The maximum atomic E-state index is 10.4. The SMILES string of the molecule is O=C1OC(Cl)C(Cl)=C1Cl. The lowest BCUT2D eigenvalue weighted by atomic mass is 10.5. The zero-order valence-corrected chi connectivity index (χ0v) is 6.30. The first kappa shape index (κ1) is 7.19. The van der Waals surface area contributed by atoms with E-state index in [2.05, 4.69) is 4.74 Å². The van der Waals surface area contributed by atoms with E-state index in [4.69, 9.17) is 34.8 Å². The summed E-state index contributed by atoms with van der Waals surface area (Å²) in [6.07, 6.45) is 0. The number of alkyl halides is 1. The second-order valence-electron chi connectivity index (χ2n) is 1.38. The summed E-state index contributed by atoms with van der Waals surface area (Å²) in [5.41, 5.74) is -0.897. The molecule has 0 spiro atoms. The second kappa shape index (κ2) is 2.37. The molecule has 1 rings (SSSR count). The van der Waals surface area contributed by atoms with E-state index in [0.717, 1.165) is 0 Å². The van der Waals surface area contributed by atoms with Gasteiger partial charge < -0.3 is 4.74 Å². The molecule has 0 amide bonds. The minimum Gasteiger partial charge on any atom is -0.436 e.